The summed E-state index contributed by atoms with van der Waals surface area (Å²) in [5.41, 5.74) is 5.73. The highest BCUT2D eigenvalue weighted by molar-refractivity contribution is 5.37. The molecule has 3 nitrogen and oxygen atoms in total. The van der Waals surface area contributed by atoms with Gasteiger partial charge in [0.2, 0.25) is 0 Å². The van der Waals surface area contributed by atoms with E-state index >= 15 is 0 Å². The van der Waals surface area contributed by atoms with Crippen LogP contribution < -0.4 is 10.6 Å². The highest BCUT2D eigenvalue weighted by Crippen LogP contribution is 2.67. The van der Waals surface area contributed by atoms with Crippen molar-refractivity contribution in [1.29, 1.82) is 0 Å². The molecule has 4 aliphatic carbocycles. The lowest BCUT2D eigenvalue weighted by molar-refractivity contribution is -0.0495. The normalized spacial score (nSPS) is 51.2. The molecule has 0 aromatic heterocycles. The molecule has 28 heavy (non-hydrogen) atoms. The van der Waals surface area contributed by atoms with Crippen LogP contribution in [-0.2, 0) is 0 Å². The lowest BCUT2D eigenvalue weighted by Crippen LogP contribution is -2.55. The number of fused-ring (bicyclic) bond motifs is 5. The second-order valence-corrected chi connectivity index (χ2v) is 11.2. The second kappa shape index (κ2) is 6.68. The summed E-state index contributed by atoms with van der Waals surface area (Å²) in [7, 11) is 0. The Kier molecular flexibility index (Phi) is 4.61. The van der Waals surface area contributed by atoms with Crippen molar-refractivity contribution in [3.63, 3.8) is 0 Å². The van der Waals surface area contributed by atoms with E-state index in [0.29, 0.717) is 22.8 Å². The Bertz CT molecular complexity index is 705. The van der Waals surface area contributed by atoms with Crippen molar-refractivity contribution in [3.05, 3.63) is 22.8 Å². The van der Waals surface area contributed by atoms with Gasteiger partial charge in [-0.05, 0) is 85.5 Å². The van der Waals surface area contributed by atoms with Gasteiger partial charge in [0.05, 0.1) is 6.10 Å². The first-order chi connectivity index (χ1) is 13.3. The predicted molar refractivity (Wildman–Crippen MR) is 115 cm³/mol. The molecule has 0 bridgehead atoms. The maximum Gasteiger partial charge on any atom is 0.0577 e. The molecule has 1 saturated heterocycles. The lowest BCUT2D eigenvalue weighted by atomic mass is 9.45. The zero-order valence-corrected chi connectivity index (χ0v) is 18.4. The minimum atomic E-state index is -0.108. The van der Waals surface area contributed by atoms with Crippen LogP contribution in [0.25, 0.3) is 0 Å². The zero-order valence-electron chi connectivity index (χ0n) is 18.4. The Labute approximate surface area is 171 Å². The van der Waals surface area contributed by atoms with Gasteiger partial charge in [-0.1, -0.05) is 38.0 Å². The van der Waals surface area contributed by atoms with Gasteiger partial charge in [0.25, 0.3) is 0 Å². The molecule has 3 heteroatoms. The Hall–Kier alpha value is -0.640. The molecule has 5 aliphatic rings. The van der Waals surface area contributed by atoms with E-state index in [2.05, 4.69) is 44.4 Å². The van der Waals surface area contributed by atoms with Crippen molar-refractivity contribution in [3.8, 4) is 0 Å². The van der Waals surface area contributed by atoms with Crippen LogP contribution >= 0.6 is 0 Å². The summed E-state index contributed by atoms with van der Waals surface area (Å²) in [6.07, 6.45) is 9.61. The van der Waals surface area contributed by atoms with Gasteiger partial charge in [-0.25, -0.2) is 0 Å². The third kappa shape index (κ3) is 2.65. The van der Waals surface area contributed by atoms with Crippen LogP contribution in [-0.4, -0.2) is 36.9 Å². The molecule has 1 heterocycles. The number of hydrogen-bond donors (Lipinski definition) is 3. The number of piperazine rings is 1. The minimum Gasteiger partial charge on any atom is -0.393 e. The number of aliphatic hydroxyl groups is 1. The molecule has 3 fully saturated rings. The van der Waals surface area contributed by atoms with E-state index in [4.69, 9.17) is 0 Å². The lowest BCUT2D eigenvalue weighted by Gasteiger charge is -2.59. The van der Waals surface area contributed by atoms with Gasteiger partial charge in [0.15, 0.2) is 0 Å². The fourth-order valence-corrected chi connectivity index (χ4v) is 8.52. The minimum absolute atomic E-state index is 0.108. The van der Waals surface area contributed by atoms with Gasteiger partial charge in [-0.15, -0.1) is 0 Å². The molecule has 0 aromatic rings. The SMILES string of the molecule is CC1=C(C2CNCCN2)[C@@]2(C)CC[C@@H]3[C@@H](C(C)C=C4CC(O)CC[C@@]43C)[C@@H]2C1. The van der Waals surface area contributed by atoms with E-state index in [1.165, 1.54) is 25.7 Å². The van der Waals surface area contributed by atoms with Crippen molar-refractivity contribution in [1.82, 2.24) is 10.6 Å². The second-order valence-electron chi connectivity index (χ2n) is 11.2. The number of rotatable bonds is 1. The monoisotopic (exact) mass is 384 g/mol. The van der Waals surface area contributed by atoms with Crippen LogP contribution in [0.3, 0.4) is 0 Å². The molecule has 156 valence electrons. The third-order valence-corrected chi connectivity index (χ3v) is 9.79. The smallest absolute Gasteiger partial charge is 0.0577 e. The highest BCUT2D eigenvalue weighted by atomic mass is 16.3. The van der Waals surface area contributed by atoms with Gasteiger partial charge in [0.1, 0.15) is 0 Å². The summed E-state index contributed by atoms with van der Waals surface area (Å²) in [5.74, 6) is 3.04. The van der Waals surface area contributed by atoms with E-state index in [0.717, 1.165) is 50.2 Å². The molecule has 1 aliphatic heterocycles. The Balaban J connectivity index is 1.49. The quantitative estimate of drug-likeness (QED) is 0.598. The van der Waals surface area contributed by atoms with Crippen molar-refractivity contribution in [2.24, 2.45) is 34.5 Å². The Morgan fingerprint density at radius 3 is 2.57 bits per heavy atom. The van der Waals surface area contributed by atoms with E-state index in [1.807, 2.05) is 0 Å². The van der Waals surface area contributed by atoms with Gasteiger partial charge in [-0.3, -0.25) is 0 Å². The average Bonchev–Trinajstić information content (AvgIpc) is 2.94. The maximum absolute atomic E-state index is 10.3. The largest absolute Gasteiger partial charge is 0.393 e. The summed E-state index contributed by atoms with van der Waals surface area (Å²) < 4.78 is 0. The fourth-order valence-electron chi connectivity index (χ4n) is 8.52. The van der Waals surface area contributed by atoms with Crippen molar-refractivity contribution >= 4 is 0 Å². The van der Waals surface area contributed by atoms with E-state index in [1.54, 1.807) is 16.7 Å². The third-order valence-electron chi connectivity index (χ3n) is 9.79. The summed E-state index contributed by atoms with van der Waals surface area (Å²) in [6.45, 7) is 13.3. The Morgan fingerprint density at radius 1 is 1.04 bits per heavy atom. The van der Waals surface area contributed by atoms with E-state index in [-0.39, 0.29) is 6.10 Å². The molecule has 5 rings (SSSR count). The van der Waals surface area contributed by atoms with Crippen LogP contribution in [0, 0.1) is 34.5 Å². The molecule has 2 saturated carbocycles. The summed E-state index contributed by atoms with van der Waals surface area (Å²) >= 11 is 0. The topological polar surface area (TPSA) is 44.3 Å². The van der Waals surface area contributed by atoms with E-state index in [9.17, 15) is 5.11 Å². The molecule has 0 amide bonds. The van der Waals surface area contributed by atoms with Crippen molar-refractivity contribution < 1.29 is 5.11 Å². The zero-order chi connectivity index (χ0) is 19.7. The first-order valence-electron chi connectivity index (χ1n) is 11.9. The van der Waals surface area contributed by atoms with Gasteiger partial charge >= 0.3 is 0 Å². The summed E-state index contributed by atoms with van der Waals surface area (Å²) in [6, 6.07) is 0.533. The molecule has 3 N–H and O–H groups in total. The average molecular weight is 385 g/mol. The summed E-state index contributed by atoms with van der Waals surface area (Å²) in [4.78, 5) is 0. The molecule has 3 unspecified atom stereocenters. The van der Waals surface area contributed by atoms with Crippen molar-refractivity contribution in [2.45, 2.75) is 78.4 Å². The number of allylic oxidation sites excluding steroid dienone is 2. The molecular weight excluding hydrogens is 344 g/mol. The van der Waals surface area contributed by atoms with Gasteiger partial charge in [0, 0.05) is 25.7 Å². The standard InChI is InChI=1S/C25H40N2O/c1-15-11-17-13-18(28)5-7-24(17,3)19-6-8-25(4)20(22(15)19)12-16(2)23(25)21-14-26-9-10-27-21/h11,15,18-22,26-28H,5-10,12-14H2,1-4H3/t15?,18?,19-,20+,21?,22-,24+,25+/m1/s1. The molecule has 0 spiro atoms. The highest BCUT2D eigenvalue weighted by Gasteiger charge is 2.59. The van der Waals surface area contributed by atoms with Crippen LogP contribution in [0.2, 0.25) is 0 Å². The fraction of sp³-hybridized carbons (Fsp3) is 0.840. The van der Waals surface area contributed by atoms with Crippen LogP contribution in [0.4, 0.5) is 0 Å². The first-order valence-corrected chi connectivity index (χ1v) is 11.9. The van der Waals surface area contributed by atoms with Gasteiger partial charge < -0.3 is 15.7 Å². The van der Waals surface area contributed by atoms with Gasteiger partial charge in [-0.2, -0.15) is 0 Å². The first kappa shape index (κ1) is 19.3. The van der Waals surface area contributed by atoms with Crippen LogP contribution in [0.15, 0.2) is 22.8 Å². The van der Waals surface area contributed by atoms with Crippen LogP contribution in [0.1, 0.15) is 66.2 Å². The molecular formula is C25H40N2O. The molecule has 0 aromatic carbocycles. The number of hydrogen-bond acceptors (Lipinski definition) is 3. The maximum atomic E-state index is 10.3. The molecule has 0 radical (unpaired) electrons. The Morgan fingerprint density at radius 2 is 1.82 bits per heavy atom. The van der Waals surface area contributed by atoms with Crippen LogP contribution in [0.5, 0.6) is 0 Å². The molecule has 8 atom stereocenters. The van der Waals surface area contributed by atoms with Crippen molar-refractivity contribution in [2.75, 3.05) is 19.6 Å². The number of aliphatic hydroxyl groups excluding tert-OH is 1. The summed E-state index contributed by atoms with van der Waals surface area (Å²) in [5, 5.41) is 17.7. The number of nitrogens with one attached hydrogen (secondary N) is 2. The van der Waals surface area contributed by atoms with E-state index < -0.39 is 0 Å². The predicted octanol–water partition coefficient (Wildman–Crippen LogP) is 4.04.